The summed E-state index contributed by atoms with van der Waals surface area (Å²) in [5, 5.41) is 0. The molecule has 0 bridgehead atoms. The second-order valence-electron chi connectivity index (χ2n) is 5.63. The molecular formula is C14H21NO4S2. The predicted octanol–water partition coefficient (Wildman–Crippen LogP) is 1.49. The Morgan fingerprint density at radius 1 is 1.33 bits per heavy atom. The monoisotopic (exact) mass is 331 g/mol. The average Bonchev–Trinajstić information content (AvgIpc) is 2.74. The number of sulfonamides is 1. The summed E-state index contributed by atoms with van der Waals surface area (Å²) < 4.78 is 49.4. The topological polar surface area (TPSA) is 80.3 Å². The van der Waals surface area contributed by atoms with Gasteiger partial charge in [0.25, 0.3) is 0 Å². The SMILES string of the molecule is Cc1cccc(S(=O)(=O)NCCCC2CCS(=O)(=O)C2)c1. The fourth-order valence-electron chi connectivity index (χ4n) is 2.56. The van der Waals surface area contributed by atoms with Gasteiger partial charge in [0.1, 0.15) is 0 Å². The zero-order valence-electron chi connectivity index (χ0n) is 12.1. The third kappa shape index (κ3) is 4.79. The Bertz CT molecular complexity index is 695. The average molecular weight is 331 g/mol. The van der Waals surface area contributed by atoms with Crippen LogP contribution < -0.4 is 4.72 Å². The molecule has 1 aliphatic rings. The molecular weight excluding hydrogens is 310 g/mol. The molecule has 0 aromatic heterocycles. The lowest BCUT2D eigenvalue weighted by molar-refractivity contribution is 0.512. The number of hydrogen-bond acceptors (Lipinski definition) is 4. The Hall–Kier alpha value is -0.920. The van der Waals surface area contributed by atoms with Crippen molar-refractivity contribution < 1.29 is 16.8 Å². The maximum Gasteiger partial charge on any atom is 0.240 e. The molecule has 0 spiro atoms. The molecule has 1 aromatic carbocycles. The van der Waals surface area contributed by atoms with Gasteiger partial charge in [0.05, 0.1) is 16.4 Å². The van der Waals surface area contributed by atoms with E-state index in [1.54, 1.807) is 18.2 Å². The molecule has 1 heterocycles. The van der Waals surface area contributed by atoms with Crippen molar-refractivity contribution in [3.63, 3.8) is 0 Å². The number of nitrogens with one attached hydrogen (secondary N) is 1. The number of hydrogen-bond donors (Lipinski definition) is 1. The molecule has 1 aromatic rings. The summed E-state index contributed by atoms with van der Waals surface area (Å²) >= 11 is 0. The summed E-state index contributed by atoms with van der Waals surface area (Å²) in [5.41, 5.74) is 0.897. The van der Waals surface area contributed by atoms with Crippen LogP contribution >= 0.6 is 0 Å². The van der Waals surface area contributed by atoms with Crippen molar-refractivity contribution >= 4 is 19.9 Å². The first-order chi connectivity index (χ1) is 9.78. The summed E-state index contributed by atoms with van der Waals surface area (Å²) in [5.74, 6) is 0.697. The third-order valence-electron chi connectivity index (χ3n) is 3.71. The Balaban J connectivity index is 1.81. The lowest BCUT2D eigenvalue weighted by Crippen LogP contribution is -2.25. The van der Waals surface area contributed by atoms with Gasteiger partial charge in [-0.3, -0.25) is 0 Å². The number of benzene rings is 1. The highest BCUT2D eigenvalue weighted by Gasteiger charge is 2.27. The molecule has 1 unspecified atom stereocenters. The third-order valence-corrected chi connectivity index (χ3v) is 7.00. The van der Waals surface area contributed by atoms with Crippen LogP contribution in [0, 0.1) is 12.8 Å². The minimum Gasteiger partial charge on any atom is -0.229 e. The standard InChI is InChI=1S/C14H21NO4S2/c1-12-4-2-6-14(10-12)21(18,19)15-8-3-5-13-7-9-20(16,17)11-13/h2,4,6,10,13,15H,3,5,7-9,11H2,1H3. The lowest BCUT2D eigenvalue weighted by Gasteiger charge is -2.09. The van der Waals surface area contributed by atoms with Crippen LogP contribution in [-0.4, -0.2) is 34.9 Å². The van der Waals surface area contributed by atoms with Crippen LogP contribution in [0.15, 0.2) is 29.2 Å². The van der Waals surface area contributed by atoms with E-state index in [1.165, 1.54) is 0 Å². The van der Waals surface area contributed by atoms with Crippen molar-refractivity contribution in [3.8, 4) is 0 Å². The Morgan fingerprint density at radius 3 is 2.71 bits per heavy atom. The van der Waals surface area contributed by atoms with Crippen LogP contribution in [0.25, 0.3) is 0 Å². The number of rotatable bonds is 6. The summed E-state index contributed by atoms with van der Waals surface area (Å²) in [6, 6.07) is 6.76. The second kappa shape index (κ2) is 6.46. The van der Waals surface area contributed by atoms with Crippen molar-refractivity contribution in [2.45, 2.75) is 31.1 Å². The largest absolute Gasteiger partial charge is 0.240 e. The van der Waals surface area contributed by atoms with Crippen LogP contribution in [0.4, 0.5) is 0 Å². The molecule has 1 N–H and O–H groups in total. The molecule has 1 aliphatic heterocycles. The molecule has 1 saturated heterocycles. The van der Waals surface area contributed by atoms with Gasteiger partial charge in [-0.25, -0.2) is 21.6 Å². The van der Waals surface area contributed by atoms with E-state index in [0.29, 0.717) is 19.4 Å². The highest BCUT2D eigenvalue weighted by atomic mass is 32.2. The Morgan fingerprint density at radius 2 is 2.10 bits per heavy atom. The first-order valence-electron chi connectivity index (χ1n) is 7.05. The Kier molecular flexibility index (Phi) is 5.06. The fraction of sp³-hybridized carbons (Fsp3) is 0.571. The summed E-state index contributed by atoms with van der Waals surface area (Å²) in [4.78, 5) is 0.269. The fourth-order valence-corrected chi connectivity index (χ4v) is 5.65. The molecule has 5 nitrogen and oxygen atoms in total. The van der Waals surface area contributed by atoms with Gasteiger partial charge < -0.3 is 0 Å². The summed E-state index contributed by atoms with van der Waals surface area (Å²) in [6.45, 7) is 2.19. The van der Waals surface area contributed by atoms with E-state index in [4.69, 9.17) is 0 Å². The highest BCUT2D eigenvalue weighted by molar-refractivity contribution is 7.91. The Labute approximate surface area is 126 Å². The van der Waals surface area contributed by atoms with E-state index < -0.39 is 19.9 Å². The van der Waals surface area contributed by atoms with Crippen molar-refractivity contribution in [1.82, 2.24) is 4.72 Å². The molecule has 0 amide bonds. The molecule has 0 radical (unpaired) electrons. The molecule has 1 atom stereocenters. The first kappa shape index (κ1) is 16.5. The maximum atomic E-state index is 12.1. The first-order valence-corrected chi connectivity index (χ1v) is 10.4. The zero-order chi connectivity index (χ0) is 15.5. The normalized spacial score (nSPS) is 21.5. The highest BCUT2D eigenvalue weighted by Crippen LogP contribution is 2.22. The zero-order valence-corrected chi connectivity index (χ0v) is 13.7. The minimum absolute atomic E-state index is 0.179. The molecule has 118 valence electrons. The van der Waals surface area contributed by atoms with Crippen molar-refractivity contribution in [2.24, 2.45) is 5.92 Å². The van der Waals surface area contributed by atoms with Gasteiger partial charge in [-0.05, 0) is 49.8 Å². The van der Waals surface area contributed by atoms with Gasteiger partial charge in [-0.1, -0.05) is 12.1 Å². The predicted molar refractivity (Wildman–Crippen MR) is 82.4 cm³/mol. The molecule has 1 fully saturated rings. The maximum absolute atomic E-state index is 12.1. The van der Waals surface area contributed by atoms with E-state index in [-0.39, 0.29) is 22.3 Å². The van der Waals surface area contributed by atoms with Gasteiger partial charge in [0, 0.05) is 6.54 Å². The van der Waals surface area contributed by atoms with Gasteiger partial charge in [-0.15, -0.1) is 0 Å². The van der Waals surface area contributed by atoms with Crippen LogP contribution in [0.3, 0.4) is 0 Å². The van der Waals surface area contributed by atoms with Gasteiger partial charge in [0.15, 0.2) is 9.84 Å². The van der Waals surface area contributed by atoms with E-state index in [1.807, 2.05) is 13.0 Å². The van der Waals surface area contributed by atoms with Crippen molar-refractivity contribution in [2.75, 3.05) is 18.1 Å². The smallest absolute Gasteiger partial charge is 0.229 e. The van der Waals surface area contributed by atoms with Crippen LogP contribution in [-0.2, 0) is 19.9 Å². The quantitative estimate of drug-likeness (QED) is 0.801. The van der Waals surface area contributed by atoms with Gasteiger partial charge in [0.2, 0.25) is 10.0 Å². The molecule has 0 aliphatic carbocycles. The van der Waals surface area contributed by atoms with Gasteiger partial charge >= 0.3 is 0 Å². The molecule has 2 rings (SSSR count). The minimum atomic E-state index is -3.47. The molecule has 0 saturated carbocycles. The van der Waals surface area contributed by atoms with Crippen LogP contribution in [0.5, 0.6) is 0 Å². The molecule has 7 heteroatoms. The molecule has 21 heavy (non-hydrogen) atoms. The van der Waals surface area contributed by atoms with E-state index in [2.05, 4.69) is 4.72 Å². The summed E-state index contributed by atoms with van der Waals surface area (Å²) in [7, 11) is -6.32. The van der Waals surface area contributed by atoms with Crippen LogP contribution in [0.2, 0.25) is 0 Å². The van der Waals surface area contributed by atoms with E-state index in [9.17, 15) is 16.8 Å². The van der Waals surface area contributed by atoms with Crippen molar-refractivity contribution in [1.29, 1.82) is 0 Å². The van der Waals surface area contributed by atoms with Crippen molar-refractivity contribution in [3.05, 3.63) is 29.8 Å². The summed E-state index contributed by atoms with van der Waals surface area (Å²) in [6.07, 6.45) is 2.10. The van der Waals surface area contributed by atoms with Crippen LogP contribution in [0.1, 0.15) is 24.8 Å². The lowest BCUT2D eigenvalue weighted by atomic mass is 10.0. The van der Waals surface area contributed by atoms with E-state index in [0.717, 1.165) is 12.0 Å². The van der Waals surface area contributed by atoms with Gasteiger partial charge in [-0.2, -0.15) is 0 Å². The second-order valence-corrected chi connectivity index (χ2v) is 9.62. The van der Waals surface area contributed by atoms with E-state index >= 15 is 0 Å². The number of sulfone groups is 1. The number of aryl methyl sites for hydroxylation is 1.